The summed E-state index contributed by atoms with van der Waals surface area (Å²) in [5.74, 6) is 0.949. The van der Waals surface area contributed by atoms with E-state index in [4.69, 9.17) is 4.74 Å². The number of benzene rings is 2. The Morgan fingerprint density at radius 3 is 2.39 bits per heavy atom. The van der Waals surface area contributed by atoms with E-state index in [1.807, 2.05) is 0 Å². The van der Waals surface area contributed by atoms with Gasteiger partial charge in [0.25, 0.3) is 0 Å². The van der Waals surface area contributed by atoms with Gasteiger partial charge < -0.3 is 9.64 Å². The van der Waals surface area contributed by atoms with Gasteiger partial charge >= 0.3 is 0 Å². The number of thiophene rings is 1. The van der Waals surface area contributed by atoms with E-state index < -0.39 is 0 Å². The zero-order valence-corrected chi connectivity index (χ0v) is 11.5. The summed E-state index contributed by atoms with van der Waals surface area (Å²) >= 11 is 1.80. The molecule has 0 atom stereocenters. The Hall–Kier alpha value is -1.74. The number of anilines is 1. The average molecular weight is 257 g/mol. The highest BCUT2D eigenvalue weighted by Gasteiger charge is 2.10. The maximum atomic E-state index is 5.50. The van der Waals surface area contributed by atoms with Crippen molar-refractivity contribution in [2.24, 2.45) is 0 Å². The lowest BCUT2D eigenvalue weighted by molar-refractivity contribution is 0.420. The van der Waals surface area contributed by atoms with Crippen molar-refractivity contribution in [3.05, 3.63) is 36.4 Å². The van der Waals surface area contributed by atoms with E-state index in [0.29, 0.717) is 0 Å². The molecule has 1 heterocycles. The van der Waals surface area contributed by atoms with Crippen molar-refractivity contribution < 1.29 is 4.74 Å². The first-order valence-corrected chi connectivity index (χ1v) is 6.69. The van der Waals surface area contributed by atoms with Crippen molar-refractivity contribution in [2.75, 3.05) is 26.1 Å². The molecule has 0 amide bonds. The van der Waals surface area contributed by atoms with E-state index in [0.717, 1.165) is 5.75 Å². The van der Waals surface area contributed by atoms with Gasteiger partial charge in [0.2, 0.25) is 0 Å². The molecule has 3 aromatic rings. The fraction of sp³-hybridized carbons (Fsp3) is 0.200. The van der Waals surface area contributed by atoms with Gasteiger partial charge in [-0.2, -0.15) is 0 Å². The Bertz CT molecular complexity index is 715. The molecule has 0 spiro atoms. The summed E-state index contributed by atoms with van der Waals surface area (Å²) in [6.07, 6.45) is 0. The smallest absolute Gasteiger partial charge is 0.128 e. The van der Waals surface area contributed by atoms with Gasteiger partial charge in [-0.25, -0.2) is 0 Å². The van der Waals surface area contributed by atoms with Crippen LogP contribution in [-0.2, 0) is 0 Å². The minimum absolute atomic E-state index is 0.949. The van der Waals surface area contributed by atoms with Gasteiger partial charge in [-0.3, -0.25) is 0 Å². The molecule has 3 rings (SSSR count). The third-order valence-electron chi connectivity index (χ3n) is 3.15. The van der Waals surface area contributed by atoms with Crippen LogP contribution in [0, 0.1) is 0 Å². The highest BCUT2D eigenvalue weighted by Crippen LogP contribution is 2.40. The molecular formula is C15H15NOS. The molecule has 0 radical (unpaired) electrons. The summed E-state index contributed by atoms with van der Waals surface area (Å²) in [7, 11) is 5.88. The fourth-order valence-electron chi connectivity index (χ4n) is 2.23. The summed E-state index contributed by atoms with van der Waals surface area (Å²) in [5.41, 5.74) is 0. The van der Waals surface area contributed by atoms with E-state index in [2.05, 4.69) is 55.4 Å². The number of methoxy groups -OCH3 is 1. The molecule has 3 heteroatoms. The van der Waals surface area contributed by atoms with E-state index in [1.54, 1.807) is 18.4 Å². The van der Waals surface area contributed by atoms with Crippen molar-refractivity contribution in [2.45, 2.75) is 0 Å². The molecule has 0 unspecified atom stereocenters. The predicted octanol–water partition coefficient (Wildman–Crippen LogP) is 4.13. The molecule has 18 heavy (non-hydrogen) atoms. The first-order chi connectivity index (χ1) is 8.70. The number of ether oxygens (including phenoxy) is 1. The Kier molecular flexibility index (Phi) is 2.63. The molecule has 1 aromatic heterocycles. The van der Waals surface area contributed by atoms with E-state index in [9.17, 15) is 0 Å². The first-order valence-electron chi connectivity index (χ1n) is 5.87. The second kappa shape index (κ2) is 4.18. The maximum Gasteiger partial charge on any atom is 0.128 e. The van der Waals surface area contributed by atoms with Crippen LogP contribution in [0.1, 0.15) is 0 Å². The quantitative estimate of drug-likeness (QED) is 0.684. The van der Waals surface area contributed by atoms with Gasteiger partial charge in [-0.05, 0) is 17.5 Å². The number of fused-ring (bicyclic) bond motifs is 3. The molecule has 0 aliphatic rings. The van der Waals surface area contributed by atoms with Crippen LogP contribution in [0.15, 0.2) is 36.4 Å². The van der Waals surface area contributed by atoms with Crippen LogP contribution in [-0.4, -0.2) is 21.2 Å². The summed E-state index contributed by atoms with van der Waals surface area (Å²) in [6, 6.07) is 12.8. The van der Waals surface area contributed by atoms with Crippen molar-refractivity contribution in [1.29, 1.82) is 0 Å². The Morgan fingerprint density at radius 2 is 1.72 bits per heavy atom. The molecule has 92 valence electrons. The topological polar surface area (TPSA) is 12.5 Å². The van der Waals surface area contributed by atoms with E-state index >= 15 is 0 Å². The zero-order valence-electron chi connectivity index (χ0n) is 10.7. The lowest BCUT2D eigenvalue weighted by atomic mass is 10.1. The fourth-order valence-corrected chi connectivity index (χ4v) is 3.26. The summed E-state index contributed by atoms with van der Waals surface area (Å²) in [4.78, 5) is 2.14. The van der Waals surface area contributed by atoms with Crippen LogP contribution in [0.3, 0.4) is 0 Å². The SMILES string of the molecule is COc1cc2sc(N(C)C)cc2c2ccccc12. The normalized spacial score (nSPS) is 11.1. The first kappa shape index (κ1) is 11.4. The molecule has 0 aliphatic carbocycles. The third kappa shape index (κ3) is 1.63. The molecule has 0 N–H and O–H groups in total. The molecule has 2 nitrogen and oxygen atoms in total. The summed E-state index contributed by atoms with van der Waals surface area (Å²) in [6.45, 7) is 0. The maximum absolute atomic E-state index is 5.50. The van der Waals surface area contributed by atoms with Crippen molar-refractivity contribution in [3.63, 3.8) is 0 Å². The monoisotopic (exact) mass is 257 g/mol. The number of hydrogen-bond acceptors (Lipinski definition) is 3. The predicted molar refractivity (Wildman–Crippen MR) is 80.2 cm³/mol. The number of rotatable bonds is 2. The highest BCUT2D eigenvalue weighted by atomic mass is 32.1. The van der Waals surface area contributed by atoms with Gasteiger partial charge in [-0.15, -0.1) is 11.3 Å². The molecular weight excluding hydrogens is 242 g/mol. The van der Waals surface area contributed by atoms with Crippen molar-refractivity contribution in [3.8, 4) is 5.75 Å². The molecule has 0 bridgehead atoms. The highest BCUT2D eigenvalue weighted by molar-refractivity contribution is 7.23. The zero-order chi connectivity index (χ0) is 12.7. The lowest BCUT2D eigenvalue weighted by Gasteiger charge is -2.06. The minimum Gasteiger partial charge on any atom is -0.496 e. The van der Waals surface area contributed by atoms with Crippen LogP contribution in [0.2, 0.25) is 0 Å². The second-order valence-electron chi connectivity index (χ2n) is 4.52. The van der Waals surface area contributed by atoms with Crippen molar-refractivity contribution >= 4 is 37.2 Å². The van der Waals surface area contributed by atoms with Crippen molar-refractivity contribution in [1.82, 2.24) is 0 Å². The average Bonchev–Trinajstić information content (AvgIpc) is 2.82. The summed E-state index contributed by atoms with van der Waals surface area (Å²) < 4.78 is 6.77. The van der Waals surface area contributed by atoms with Gasteiger partial charge in [-0.1, -0.05) is 24.3 Å². The second-order valence-corrected chi connectivity index (χ2v) is 5.58. The lowest BCUT2D eigenvalue weighted by Crippen LogP contribution is -2.05. The van der Waals surface area contributed by atoms with Gasteiger partial charge in [0.15, 0.2) is 0 Å². The standard InChI is InChI=1S/C15H15NOS/c1-16(2)15-8-12-10-6-4-5-7-11(10)13(17-3)9-14(12)18-15/h4-9H,1-3H3. The Balaban J connectivity index is 2.43. The molecule has 0 aliphatic heterocycles. The largest absolute Gasteiger partial charge is 0.496 e. The van der Waals surface area contributed by atoms with E-state index in [1.165, 1.54) is 25.9 Å². The summed E-state index contributed by atoms with van der Waals surface area (Å²) in [5, 5.41) is 5.01. The number of hydrogen-bond donors (Lipinski definition) is 0. The van der Waals surface area contributed by atoms with Crippen LogP contribution in [0.4, 0.5) is 5.00 Å². The third-order valence-corrected chi connectivity index (χ3v) is 4.40. The Morgan fingerprint density at radius 1 is 1.00 bits per heavy atom. The molecule has 0 saturated carbocycles. The van der Waals surface area contributed by atoms with E-state index in [-0.39, 0.29) is 0 Å². The van der Waals surface area contributed by atoms with Gasteiger partial charge in [0, 0.05) is 29.6 Å². The van der Waals surface area contributed by atoms with Gasteiger partial charge in [0.05, 0.1) is 12.1 Å². The van der Waals surface area contributed by atoms with Crippen LogP contribution in [0.5, 0.6) is 5.75 Å². The molecule has 0 saturated heterocycles. The Labute approximate surface area is 110 Å². The number of nitrogens with zero attached hydrogens (tertiary/aromatic N) is 1. The molecule has 0 fully saturated rings. The van der Waals surface area contributed by atoms with Crippen LogP contribution >= 0.6 is 11.3 Å². The molecule has 2 aromatic carbocycles. The van der Waals surface area contributed by atoms with Crippen LogP contribution < -0.4 is 9.64 Å². The van der Waals surface area contributed by atoms with Gasteiger partial charge in [0.1, 0.15) is 5.75 Å². The van der Waals surface area contributed by atoms with Crippen LogP contribution in [0.25, 0.3) is 20.9 Å². The minimum atomic E-state index is 0.949.